The van der Waals surface area contributed by atoms with Gasteiger partial charge in [-0.1, -0.05) is 0 Å². The molecule has 0 atom stereocenters. The van der Waals surface area contributed by atoms with Crippen molar-refractivity contribution >= 4 is 11.9 Å². The van der Waals surface area contributed by atoms with Gasteiger partial charge in [0.2, 0.25) is 0 Å². The highest BCUT2D eigenvalue weighted by Gasteiger charge is 2.20. The lowest BCUT2D eigenvalue weighted by Crippen LogP contribution is -2.34. The molecule has 0 aliphatic heterocycles. The monoisotopic (exact) mass is 211 g/mol. The van der Waals surface area contributed by atoms with Gasteiger partial charge < -0.3 is 14.6 Å². The summed E-state index contributed by atoms with van der Waals surface area (Å²) in [6.07, 6.45) is 3.23. The quantitative estimate of drug-likeness (QED) is 0.561. The van der Waals surface area contributed by atoms with Crippen LogP contribution in [-0.4, -0.2) is 40.4 Å². The van der Waals surface area contributed by atoms with Crippen LogP contribution in [0.5, 0.6) is 0 Å². The van der Waals surface area contributed by atoms with Gasteiger partial charge in [-0.15, -0.1) is 0 Å². The Labute approximate surface area is 87.2 Å². The first-order chi connectivity index (χ1) is 7.15. The molecule has 0 saturated carbocycles. The Morgan fingerprint density at radius 1 is 1.60 bits per heavy atom. The number of hydrogen-bond acceptors (Lipinski definition) is 4. The number of nitrogens with zero attached hydrogens (tertiary/aromatic N) is 2. The van der Waals surface area contributed by atoms with E-state index in [0.717, 1.165) is 0 Å². The van der Waals surface area contributed by atoms with Crippen molar-refractivity contribution in [3.8, 4) is 0 Å². The molecule has 1 aromatic rings. The molecular formula is C9H13N3O3. The van der Waals surface area contributed by atoms with E-state index >= 15 is 0 Å². The second kappa shape index (κ2) is 5.14. The molecule has 82 valence electrons. The highest BCUT2D eigenvalue weighted by molar-refractivity contribution is 6.32. The molecule has 1 amide bonds. The summed E-state index contributed by atoms with van der Waals surface area (Å²) in [7, 11) is 1.52. The predicted octanol–water partition coefficient (Wildman–Crippen LogP) is -0.0688. The molecule has 0 unspecified atom stereocenters. The first kappa shape index (κ1) is 11.2. The van der Waals surface area contributed by atoms with E-state index in [1.54, 1.807) is 19.3 Å². The average molecular weight is 211 g/mol. The Bertz CT molecular complexity index is 334. The van der Waals surface area contributed by atoms with Crippen LogP contribution in [-0.2, 0) is 20.9 Å². The topological polar surface area (TPSA) is 75.3 Å². The molecule has 0 aliphatic carbocycles. The van der Waals surface area contributed by atoms with Crippen LogP contribution in [0, 0.1) is 0 Å². The number of nitrogens with one attached hydrogen (secondary N) is 1. The summed E-state index contributed by atoms with van der Waals surface area (Å²) >= 11 is 0. The lowest BCUT2D eigenvalue weighted by atomic mass is 10.4. The second-order valence-corrected chi connectivity index (χ2v) is 2.92. The molecule has 0 fully saturated rings. The molecule has 6 nitrogen and oxygen atoms in total. The van der Waals surface area contributed by atoms with E-state index in [0.29, 0.717) is 5.82 Å². The molecule has 1 rings (SSSR count). The lowest BCUT2D eigenvalue weighted by molar-refractivity contribution is -0.159. The van der Waals surface area contributed by atoms with Crippen LogP contribution >= 0.6 is 0 Å². The number of amides is 1. The van der Waals surface area contributed by atoms with Gasteiger partial charge in [0.1, 0.15) is 5.82 Å². The third-order valence-corrected chi connectivity index (χ3v) is 1.74. The summed E-state index contributed by atoms with van der Waals surface area (Å²) in [5, 5.41) is 0. The maximum Gasteiger partial charge on any atom is 0.397 e. The van der Waals surface area contributed by atoms with Crippen molar-refractivity contribution in [2.75, 3.05) is 13.7 Å². The SMILES string of the molecule is CCOC(=O)C(=O)N(C)Cc1ncc[nH]1. The number of imidazole rings is 1. The summed E-state index contributed by atoms with van der Waals surface area (Å²) in [6, 6.07) is 0. The molecular weight excluding hydrogens is 198 g/mol. The summed E-state index contributed by atoms with van der Waals surface area (Å²) in [5.41, 5.74) is 0. The Kier molecular flexibility index (Phi) is 3.84. The number of carbonyl (C=O) groups excluding carboxylic acids is 2. The second-order valence-electron chi connectivity index (χ2n) is 2.92. The molecule has 1 N–H and O–H groups in total. The zero-order chi connectivity index (χ0) is 11.3. The highest BCUT2D eigenvalue weighted by Crippen LogP contribution is 1.97. The van der Waals surface area contributed by atoms with Crippen molar-refractivity contribution in [2.45, 2.75) is 13.5 Å². The van der Waals surface area contributed by atoms with E-state index in [-0.39, 0.29) is 13.2 Å². The van der Waals surface area contributed by atoms with Gasteiger partial charge in [0.25, 0.3) is 0 Å². The zero-order valence-electron chi connectivity index (χ0n) is 8.69. The summed E-state index contributed by atoms with van der Waals surface area (Å²) in [6.45, 7) is 2.10. The van der Waals surface area contributed by atoms with Crippen LogP contribution < -0.4 is 0 Å². The van der Waals surface area contributed by atoms with E-state index in [4.69, 9.17) is 0 Å². The maximum absolute atomic E-state index is 11.4. The minimum absolute atomic E-state index is 0.194. The standard InChI is InChI=1S/C9H13N3O3/c1-3-15-9(14)8(13)12(2)6-7-10-4-5-11-7/h4-5H,3,6H2,1-2H3,(H,10,11). The van der Waals surface area contributed by atoms with Gasteiger partial charge in [0.15, 0.2) is 0 Å². The summed E-state index contributed by atoms with van der Waals surface area (Å²) in [4.78, 5) is 30.5. The fourth-order valence-corrected chi connectivity index (χ4v) is 1.03. The van der Waals surface area contributed by atoms with Gasteiger partial charge in [0, 0.05) is 19.4 Å². The number of esters is 1. The number of aromatic nitrogens is 2. The molecule has 0 radical (unpaired) electrons. The maximum atomic E-state index is 11.4. The summed E-state index contributed by atoms with van der Waals surface area (Å²) in [5.74, 6) is -0.894. The number of rotatable bonds is 3. The number of likely N-dealkylation sites (N-methyl/N-ethyl adjacent to an activating group) is 1. The number of aromatic amines is 1. The van der Waals surface area contributed by atoms with Crippen LogP contribution in [0.3, 0.4) is 0 Å². The van der Waals surface area contributed by atoms with E-state index < -0.39 is 11.9 Å². The van der Waals surface area contributed by atoms with Crippen LogP contribution in [0.2, 0.25) is 0 Å². The molecule has 0 saturated heterocycles. The van der Waals surface area contributed by atoms with Crippen LogP contribution in [0.4, 0.5) is 0 Å². The number of carbonyl (C=O) groups is 2. The Hall–Kier alpha value is -1.85. The van der Waals surface area contributed by atoms with E-state index in [2.05, 4.69) is 14.7 Å². The van der Waals surface area contributed by atoms with Crippen molar-refractivity contribution < 1.29 is 14.3 Å². The van der Waals surface area contributed by atoms with Crippen molar-refractivity contribution in [3.05, 3.63) is 18.2 Å². The molecule has 1 heterocycles. The fraction of sp³-hybridized carbons (Fsp3) is 0.444. The summed E-state index contributed by atoms with van der Waals surface area (Å²) < 4.78 is 4.58. The van der Waals surface area contributed by atoms with Crippen molar-refractivity contribution in [2.24, 2.45) is 0 Å². The van der Waals surface area contributed by atoms with Crippen molar-refractivity contribution in [3.63, 3.8) is 0 Å². The van der Waals surface area contributed by atoms with Crippen LogP contribution in [0.1, 0.15) is 12.7 Å². The molecule has 0 aliphatic rings. The van der Waals surface area contributed by atoms with Crippen molar-refractivity contribution in [1.82, 2.24) is 14.9 Å². The fourth-order valence-electron chi connectivity index (χ4n) is 1.03. The normalized spacial score (nSPS) is 9.73. The van der Waals surface area contributed by atoms with E-state index in [1.165, 1.54) is 11.9 Å². The predicted molar refractivity (Wildman–Crippen MR) is 51.7 cm³/mol. The largest absolute Gasteiger partial charge is 0.459 e. The van der Waals surface area contributed by atoms with Crippen LogP contribution in [0.15, 0.2) is 12.4 Å². The third-order valence-electron chi connectivity index (χ3n) is 1.74. The molecule has 1 aromatic heterocycles. The Morgan fingerprint density at radius 3 is 2.87 bits per heavy atom. The van der Waals surface area contributed by atoms with Gasteiger partial charge in [0.05, 0.1) is 13.2 Å². The van der Waals surface area contributed by atoms with Gasteiger partial charge in [-0.05, 0) is 6.92 Å². The molecule has 0 bridgehead atoms. The van der Waals surface area contributed by atoms with Gasteiger partial charge in [-0.25, -0.2) is 9.78 Å². The minimum atomic E-state index is -0.841. The minimum Gasteiger partial charge on any atom is -0.459 e. The van der Waals surface area contributed by atoms with Gasteiger partial charge in [-0.3, -0.25) is 4.79 Å². The number of ether oxygens (including phenoxy) is 1. The smallest absolute Gasteiger partial charge is 0.397 e. The lowest BCUT2D eigenvalue weighted by Gasteiger charge is -2.13. The zero-order valence-corrected chi connectivity index (χ0v) is 8.69. The number of H-pyrrole nitrogens is 1. The molecule has 15 heavy (non-hydrogen) atoms. The molecule has 0 spiro atoms. The molecule has 0 aromatic carbocycles. The third kappa shape index (κ3) is 3.08. The van der Waals surface area contributed by atoms with E-state index in [1.807, 2.05) is 0 Å². The Balaban J connectivity index is 2.50. The van der Waals surface area contributed by atoms with Crippen LogP contribution in [0.25, 0.3) is 0 Å². The van der Waals surface area contributed by atoms with Gasteiger partial charge in [-0.2, -0.15) is 0 Å². The van der Waals surface area contributed by atoms with E-state index in [9.17, 15) is 9.59 Å². The Morgan fingerprint density at radius 2 is 2.33 bits per heavy atom. The first-order valence-electron chi connectivity index (χ1n) is 4.55. The average Bonchev–Trinajstić information content (AvgIpc) is 2.69. The van der Waals surface area contributed by atoms with Crippen molar-refractivity contribution in [1.29, 1.82) is 0 Å². The number of hydrogen-bond donors (Lipinski definition) is 1. The highest BCUT2D eigenvalue weighted by atomic mass is 16.5. The molecule has 6 heteroatoms. The van der Waals surface area contributed by atoms with Gasteiger partial charge >= 0.3 is 11.9 Å². The first-order valence-corrected chi connectivity index (χ1v) is 4.55.